The Morgan fingerprint density at radius 2 is 1.77 bits per heavy atom. The van der Waals surface area contributed by atoms with E-state index in [1.165, 1.54) is 12.1 Å². The second kappa shape index (κ2) is 6.04. The van der Waals surface area contributed by atoms with E-state index in [9.17, 15) is 4.79 Å². The molecule has 3 rings (SSSR count). The fourth-order valence-corrected chi connectivity index (χ4v) is 2.03. The van der Waals surface area contributed by atoms with E-state index < -0.39 is 5.97 Å². The van der Waals surface area contributed by atoms with Crippen LogP contribution in [0.25, 0.3) is 5.57 Å². The van der Waals surface area contributed by atoms with Gasteiger partial charge in [-0.2, -0.15) is 10.2 Å². The van der Waals surface area contributed by atoms with Gasteiger partial charge in [0, 0.05) is 5.57 Å². The van der Waals surface area contributed by atoms with Crippen molar-refractivity contribution in [2.45, 2.75) is 0 Å². The SMILES string of the molecule is O=C(O)c1ccc(N=Nc2cccc(C3=C=CC=C3)c2)cc1. The number of carboxylic acids is 1. The lowest BCUT2D eigenvalue weighted by Crippen LogP contribution is -1.93. The summed E-state index contributed by atoms with van der Waals surface area (Å²) >= 11 is 0. The zero-order valence-electron chi connectivity index (χ0n) is 11.6. The molecule has 0 fully saturated rings. The van der Waals surface area contributed by atoms with Gasteiger partial charge in [-0.25, -0.2) is 4.79 Å². The third kappa shape index (κ3) is 3.08. The number of aromatic carboxylic acids is 1. The van der Waals surface area contributed by atoms with Gasteiger partial charge in [-0.1, -0.05) is 18.2 Å². The van der Waals surface area contributed by atoms with Crippen LogP contribution in [0.2, 0.25) is 0 Å². The molecule has 1 aliphatic rings. The topological polar surface area (TPSA) is 62.0 Å². The Morgan fingerprint density at radius 3 is 2.45 bits per heavy atom. The van der Waals surface area contributed by atoms with Gasteiger partial charge in [-0.05, 0) is 54.1 Å². The average molecular weight is 288 g/mol. The van der Waals surface area contributed by atoms with E-state index in [1.54, 1.807) is 12.1 Å². The second-order valence-electron chi connectivity index (χ2n) is 4.69. The number of carbonyl (C=O) groups is 1. The van der Waals surface area contributed by atoms with Crippen LogP contribution in [0, 0.1) is 0 Å². The molecule has 0 unspecified atom stereocenters. The molecule has 0 atom stereocenters. The molecule has 2 aromatic rings. The van der Waals surface area contributed by atoms with Gasteiger partial charge in [0.15, 0.2) is 0 Å². The number of hydrogen-bond acceptors (Lipinski definition) is 3. The van der Waals surface area contributed by atoms with Crippen molar-refractivity contribution in [1.29, 1.82) is 0 Å². The summed E-state index contributed by atoms with van der Waals surface area (Å²) in [7, 11) is 0. The van der Waals surface area contributed by atoms with Gasteiger partial charge in [-0.15, -0.1) is 5.73 Å². The highest BCUT2D eigenvalue weighted by Crippen LogP contribution is 2.24. The number of allylic oxidation sites excluding steroid dienone is 3. The second-order valence-corrected chi connectivity index (χ2v) is 4.69. The van der Waals surface area contributed by atoms with E-state index in [-0.39, 0.29) is 5.56 Å². The lowest BCUT2D eigenvalue weighted by atomic mass is 10.1. The first kappa shape index (κ1) is 13.7. The monoisotopic (exact) mass is 288 g/mol. The van der Waals surface area contributed by atoms with Crippen LogP contribution in [0.15, 0.2) is 82.7 Å². The number of nitrogens with zero attached hydrogens (tertiary/aromatic N) is 2. The van der Waals surface area contributed by atoms with Gasteiger partial charge in [0.25, 0.3) is 0 Å². The first-order valence-electron chi connectivity index (χ1n) is 6.71. The third-order valence-corrected chi connectivity index (χ3v) is 3.15. The van der Waals surface area contributed by atoms with E-state index in [0.717, 1.165) is 16.8 Å². The van der Waals surface area contributed by atoms with Crippen LogP contribution in [0.3, 0.4) is 0 Å². The zero-order valence-corrected chi connectivity index (χ0v) is 11.6. The van der Waals surface area contributed by atoms with Crippen molar-refractivity contribution in [1.82, 2.24) is 0 Å². The molecule has 0 amide bonds. The van der Waals surface area contributed by atoms with E-state index in [0.29, 0.717) is 5.69 Å². The summed E-state index contributed by atoms with van der Waals surface area (Å²) in [6.45, 7) is 0. The lowest BCUT2D eigenvalue weighted by molar-refractivity contribution is 0.0697. The van der Waals surface area contributed by atoms with Crippen molar-refractivity contribution < 1.29 is 9.90 Å². The minimum Gasteiger partial charge on any atom is -0.478 e. The fourth-order valence-electron chi connectivity index (χ4n) is 2.03. The molecule has 0 saturated heterocycles. The minimum absolute atomic E-state index is 0.229. The van der Waals surface area contributed by atoms with Gasteiger partial charge in [0.05, 0.1) is 16.9 Å². The van der Waals surface area contributed by atoms with Crippen molar-refractivity contribution in [3.63, 3.8) is 0 Å². The Hall–Kier alpha value is -3.23. The maximum absolute atomic E-state index is 10.8. The van der Waals surface area contributed by atoms with Crippen LogP contribution < -0.4 is 0 Å². The number of rotatable bonds is 4. The molecular weight excluding hydrogens is 276 g/mol. The Bertz CT molecular complexity index is 840. The molecule has 0 saturated carbocycles. The van der Waals surface area contributed by atoms with Crippen molar-refractivity contribution in [3.05, 3.63) is 83.6 Å². The summed E-state index contributed by atoms with van der Waals surface area (Å²) in [5, 5.41) is 17.2. The predicted octanol–water partition coefficient (Wildman–Crippen LogP) is 4.91. The first-order valence-corrected chi connectivity index (χ1v) is 6.71. The van der Waals surface area contributed by atoms with Gasteiger partial charge in [0.1, 0.15) is 0 Å². The Balaban J connectivity index is 1.80. The predicted molar refractivity (Wildman–Crippen MR) is 84.6 cm³/mol. The highest BCUT2D eigenvalue weighted by atomic mass is 16.4. The maximum atomic E-state index is 10.8. The molecule has 1 aliphatic carbocycles. The van der Waals surface area contributed by atoms with E-state index in [1.807, 2.05) is 42.5 Å². The highest BCUT2D eigenvalue weighted by Gasteiger charge is 2.02. The van der Waals surface area contributed by atoms with Gasteiger partial charge < -0.3 is 5.11 Å². The van der Waals surface area contributed by atoms with Crippen LogP contribution in [-0.4, -0.2) is 11.1 Å². The zero-order chi connectivity index (χ0) is 15.4. The van der Waals surface area contributed by atoms with E-state index in [2.05, 4.69) is 16.0 Å². The summed E-state index contributed by atoms with van der Waals surface area (Å²) in [6, 6.07) is 14.0. The lowest BCUT2D eigenvalue weighted by Gasteiger charge is -2.00. The summed E-state index contributed by atoms with van der Waals surface area (Å²) in [5.74, 6) is -0.956. The molecule has 0 aliphatic heterocycles. The molecule has 4 nitrogen and oxygen atoms in total. The van der Waals surface area contributed by atoms with Gasteiger partial charge in [0.2, 0.25) is 0 Å². The highest BCUT2D eigenvalue weighted by molar-refractivity contribution is 5.87. The molecule has 22 heavy (non-hydrogen) atoms. The third-order valence-electron chi connectivity index (χ3n) is 3.15. The molecule has 0 bridgehead atoms. The molecule has 106 valence electrons. The first-order chi connectivity index (χ1) is 10.7. The van der Waals surface area contributed by atoms with E-state index in [4.69, 9.17) is 5.11 Å². The molecule has 0 spiro atoms. The number of carboxylic acid groups (broad SMARTS) is 1. The summed E-state index contributed by atoms with van der Waals surface area (Å²) in [5.41, 5.74) is 6.76. The van der Waals surface area contributed by atoms with Crippen LogP contribution in [0.1, 0.15) is 15.9 Å². The maximum Gasteiger partial charge on any atom is 0.335 e. The molecule has 2 aromatic carbocycles. The number of benzene rings is 2. The van der Waals surface area contributed by atoms with Crippen LogP contribution in [0.4, 0.5) is 11.4 Å². The van der Waals surface area contributed by atoms with Crippen molar-refractivity contribution >= 4 is 22.9 Å². The van der Waals surface area contributed by atoms with Crippen molar-refractivity contribution in [3.8, 4) is 0 Å². The normalized spacial score (nSPS) is 12.8. The minimum atomic E-state index is -0.956. The largest absolute Gasteiger partial charge is 0.478 e. The van der Waals surface area contributed by atoms with Crippen LogP contribution in [0.5, 0.6) is 0 Å². The van der Waals surface area contributed by atoms with E-state index >= 15 is 0 Å². The Morgan fingerprint density at radius 1 is 1.00 bits per heavy atom. The number of hydrogen-bond donors (Lipinski definition) is 1. The molecule has 0 heterocycles. The van der Waals surface area contributed by atoms with Crippen molar-refractivity contribution in [2.75, 3.05) is 0 Å². The smallest absolute Gasteiger partial charge is 0.335 e. The van der Waals surface area contributed by atoms with Gasteiger partial charge >= 0.3 is 5.97 Å². The number of azo groups is 1. The molecule has 4 heteroatoms. The molecule has 0 aromatic heterocycles. The van der Waals surface area contributed by atoms with Crippen LogP contribution in [-0.2, 0) is 0 Å². The van der Waals surface area contributed by atoms with Crippen molar-refractivity contribution in [2.24, 2.45) is 10.2 Å². The van der Waals surface area contributed by atoms with Gasteiger partial charge in [-0.3, -0.25) is 0 Å². The fraction of sp³-hybridized carbons (Fsp3) is 0. The summed E-state index contributed by atoms with van der Waals surface area (Å²) < 4.78 is 0. The molecule has 1 N–H and O–H groups in total. The average Bonchev–Trinajstić information content (AvgIpc) is 3.08. The summed E-state index contributed by atoms with van der Waals surface area (Å²) in [4.78, 5) is 10.8. The summed E-state index contributed by atoms with van der Waals surface area (Å²) in [6.07, 6.45) is 5.79. The quantitative estimate of drug-likeness (QED) is 0.642. The molecule has 0 radical (unpaired) electrons. The Labute approximate surface area is 127 Å². The standard InChI is InChI=1S/C18H12N2O2/c21-18(22)14-8-10-16(11-9-14)19-20-17-7-3-6-15(12-17)13-4-1-2-5-13/h1-4,6-12H,(H,21,22). The Kier molecular flexibility index (Phi) is 3.77. The molecular formula is C18H12N2O2. The van der Waals surface area contributed by atoms with Crippen LogP contribution >= 0.6 is 0 Å².